The smallest absolute Gasteiger partial charge is 0.261 e. The summed E-state index contributed by atoms with van der Waals surface area (Å²) < 4.78 is 2.52. The lowest BCUT2D eigenvalue weighted by Gasteiger charge is -2.32. The van der Waals surface area contributed by atoms with Gasteiger partial charge in [-0.05, 0) is 60.6 Å². The molecule has 1 fully saturated rings. The highest BCUT2D eigenvalue weighted by molar-refractivity contribution is 9.10. The first kappa shape index (κ1) is 29.5. The third-order valence-corrected chi connectivity index (χ3v) is 8.35. The molecule has 4 aromatic rings. The lowest BCUT2D eigenvalue weighted by atomic mass is 10.1. The van der Waals surface area contributed by atoms with Crippen LogP contribution in [0.3, 0.4) is 0 Å². The van der Waals surface area contributed by atoms with Crippen LogP contribution < -0.4 is 15.8 Å². The summed E-state index contributed by atoms with van der Waals surface area (Å²) in [5, 5.41) is 3.49. The molecular formula is C32H34BrN7O2. The minimum absolute atomic E-state index is 0.0666. The van der Waals surface area contributed by atoms with Gasteiger partial charge in [-0.2, -0.15) is 0 Å². The number of benzene rings is 2. The van der Waals surface area contributed by atoms with Crippen molar-refractivity contribution in [3.63, 3.8) is 0 Å². The molecule has 216 valence electrons. The van der Waals surface area contributed by atoms with Crippen molar-refractivity contribution in [1.82, 2.24) is 29.7 Å². The van der Waals surface area contributed by atoms with Gasteiger partial charge in [-0.3, -0.25) is 24.0 Å². The molecule has 0 atom stereocenters. The normalized spacial score (nSPS) is 14.0. The Bertz CT molecular complexity index is 1660. The van der Waals surface area contributed by atoms with Gasteiger partial charge in [0.2, 0.25) is 0 Å². The average Bonchev–Trinajstić information content (AvgIpc) is 3.00. The van der Waals surface area contributed by atoms with E-state index in [0.29, 0.717) is 42.6 Å². The number of hydrogen-bond donors (Lipinski definition) is 1. The first-order valence-corrected chi connectivity index (χ1v) is 14.7. The predicted molar refractivity (Wildman–Crippen MR) is 169 cm³/mol. The van der Waals surface area contributed by atoms with Crippen LogP contribution in [0, 0.1) is 12.3 Å². The molecule has 3 heterocycles. The Hall–Kier alpha value is -4.04. The van der Waals surface area contributed by atoms with Gasteiger partial charge in [0.25, 0.3) is 11.5 Å². The minimum Gasteiger partial charge on any atom is -0.356 e. The van der Waals surface area contributed by atoms with E-state index >= 15 is 0 Å². The molecule has 0 unspecified atom stereocenters. The molecule has 1 N–H and O–H groups in total. The lowest BCUT2D eigenvalue weighted by Crippen LogP contribution is -2.44. The molecule has 1 aliphatic heterocycles. The largest absolute Gasteiger partial charge is 0.356 e. The van der Waals surface area contributed by atoms with Crippen molar-refractivity contribution in [3.05, 3.63) is 98.3 Å². The summed E-state index contributed by atoms with van der Waals surface area (Å²) in [7, 11) is 3.92. The fraction of sp³-hybridized carbons (Fsp3) is 0.312. The van der Waals surface area contributed by atoms with Gasteiger partial charge in [0.15, 0.2) is 0 Å². The summed E-state index contributed by atoms with van der Waals surface area (Å²) in [6, 6.07) is 14.9. The molecule has 42 heavy (non-hydrogen) atoms. The summed E-state index contributed by atoms with van der Waals surface area (Å²) in [5.41, 5.74) is 3.88. The van der Waals surface area contributed by atoms with Gasteiger partial charge in [0.1, 0.15) is 5.82 Å². The molecule has 2 aromatic heterocycles. The molecule has 2 aromatic carbocycles. The third-order valence-electron chi connectivity index (χ3n) is 7.61. The maximum Gasteiger partial charge on any atom is 0.261 e. The quantitative estimate of drug-likeness (QED) is 0.285. The number of amides is 1. The van der Waals surface area contributed by atoms with Crippen LogP contribution in [0.15, 0.2) is 70.2 Å². The zero-order valence-corrected chi connectivity index (χ0v) is 25.5. The van der Waals surface area contributed by atoms with Gasteiger partial charge >= 0.3 is 0 Å². The van der Waals surface area contributed by atoms with Crippen molar-refractivity contribution in [2.45, 2.75) is 19.6 Å². The van der Waals surface area contributed by atoms with Crippen LogP contribution in [0.2, 0.25) is 0 Å². The first-order chi connectivity index (χ1) is 20.3. The van der Waals surface area contributed by atoms with Gasteiger partial charge in [0.05, 0.1) is 24.0 Å². The van der Waals surface area contributed by atoms with E-state index in [1.54, 1.807) is 36.1 Å². The Morgan fingerprint density at radius 1 is 1.12 bits per heavy atom. The lowest BCUT2D eigenvalue weighted by molar-refractivity contribution is 0.0951. The SMILES string of the molecule is C#CCN(Cc1cc2c(=O)n(C)c(CN3CCN(C)CC3)nc2cc1Br)c1ccc(C(=O)NCc2cccnc2)cc1. The second-order valence-electron chi connectivity index (χ2n) is 10.6. The number of anilines is 1. The van der Waals surface area contributed by atoms with Crippen molar-refractivity contribution in [2.75, 3.05) is 44.7 Å². The summed E-state index contributed by atoms with van der Waals surface area (Å²) in [5.74, 6) is 3.32. The van der Waals surface area contributed by atoms with E-state index in [-0.39, 0.29) is 11.5 Å². The van der Waals surface area contributed by atoms with E-state index in [9.17, 15) is 9.59 Å². The molecular weight excluding hydrogens is 594 g/mol. The second kappa shape index (κ2) is 13.3. The fourth-order valence-corrected chi connectivity index (χ4v) is 5.47. The van der Waals surface area contributed by atoms with Crippen LogP contribution in [0.25, 0.3) is 10.9 Å². The molecule has 0 bridgehead atoms. The second-order valence-corrected chi connectivity index (χ2v) is 11.4. The van der Waals surface area contributed by atoms with Crippen LogP contribution in [0.1, 0.15) is 27.3 Å². The Labute approximate surface area is 254 Å². The van der Waals surface area contributed by atoms with E-state index in [1.807, 2.05) is 41.3 Å². The van der Waals surface area contributed by atoms with Crippen LogP contribution in [0.4, 0.5) is 5.69 Å². The molecule has 1 saturated heterocycles. The molecule has 10 heteroatoms. The van der Waals surface area contributed by atoms with Crippen LogP contribution in [-0.4, -0.2) is 70.0 Å². The zero-order valence-electron chi connectivity index (χ0n) is 23.9. The number of likely N-dealkylation sites (N-methyl/N-ethyl adjacent to an activating group) is 1. The minimum atomic E-state index is -0.165. The van der Waals surface area contributed by atoms with Crippen LogP contribution in [0.5, 0.6) is 0 Å². The standard InChI is InChI=1S/C32H34BrN7O2/c1-4-12-40(26-9-7-24(8-10-26)31(41)35-20-23-6-5-11-34-19-23)21-25-17-27-29(18-28(25)33)36-30(38(3)32(27)42)22-39-15-13-37(2)14-16-39/h1,5-11,17-19H,12-16,20-22H2,2-3H3,(H,35,41). The van der Waals surface area contributed by atoms with Crippen molar-refractivity contribution in [2.24, 2.45) is 7.05 Å². The Morgan fingerprint density at radius 2 is 1.88 bits per heavy atom. The number of carbonyl (C=O) groups excluding carboxylic acids is 1. The summed E-state index contributed by atoms with van der Waals surface area (Å²) in [6.45, 7) is 5.79. The number of nitrogens with zero attached hydrogens (tertiary/aromatic N) is 6. The van der Waals surface area contributed by atoms with Crippen LogP contribution in [-0.2, 0) is 26.7 Å². The molecule has 1 amide bonds. The topological polar surface area (TPSA) is 86.6 Å². The number of nitrogens with one attached hydrogen (secondary N) is 1. The number of aromatic nitrogens is 3. The predicted octanol–water partition coefficient (Wildman–Crippen LogP) is 3.41. The summed E-state index contributed by atoms with van der Waals surface area (Å²) in [6.07, 6.45) is 9.15. The number of piperazine rings is 1. The van der Waals surface area contributed by atoms with E-state index < -0.39 is 0 Å². The van der Waals surface area contributed by atoms with Crippen LogP contribution >= 0.6 is 15.9 Å². The maximum atomic E-state index is 13.4. The van der Waals surface area contributed by atoms with Gasteiger partial charge < -0.3 is 15.1 Å². The van der Waals surface area contributed by atoms with Crippen molar-refractivity contribution < 1.29 is 4.79 Å². The van der Waals surface area contributed by atoms with E-state index in [0.717, 1.165) is 53.3 Å². The average molecular weight is 629 g/mol. The van der Waals surface area contributed by atoms with Gasteiger partial charge in [-0.1, -0.05) is 27.9 Å². The molecule has 9 nitrogen and oxygen atoms in total. The highest BCUT2D eigenvalue weighted by Gasteiger charge is 2.19. The number of halogens is 1. The summed E-state index contributed by atoms with van der Waals surface area (Å²) in [4.78, 5) is 41.7. The van der Waals surface area contributed by atoms with Crippen molar-refractivity contribution in [3.8, 4) is 12.3 Å². The Balaban J connectivity index is 1.33. The monoisotopic (exact) mass is 627 g/mol. The first-order valence-electron chi connectivity index (χ1n) is 13.9. The van der Waals surface area contributed by atoms with Crippen molar-refractivity contribution >= 4 is 38.4 Å². The number of rotatable bonds is 9. The number of fused-ring (bicyclic) bond motifs is 1. The number of pyridine rings is 1. The third kappa shape index (κ3) is 6.87. The maximum absolute atomic E-state index is 13.4. The molecule has 5 rings (SSSR count). The molecule has 1 aliphatic rings. The van der Waals surface area contributed by atoms with E-state index in [1.165, 1.54) is 0 Å². The Morgan fingerprint density at radius 3 is 2.57 bits per heavy atom. The molecule has 0 radical (unpaired) electrons. The highest BCUT2D eigenvalue weighted by Crippen LogP contribution is 2.26. The number of carbonyl (C=O) groups is 1. The van der Waals surface area contributed by atoms with Gasteiger partial charge in [-0.15, -0.1) is 6.42 Å². The van der Waals surface area contributed by atoms with E-state index in [2.05, 4.69) is 49.0 Å². The highest BCUT2D eigenvalue weighted by atomic mass is 79.9. The van der Waals surface area contributed by atoms with Crippen molar-refractivity contribution in [1.29, 1.82) is 0 Å². The molecule has 0 aliphatic carbocycles. The summed E-state index contributed by atoms with van der Waals surface area (Å²) >= 11 is 3.71. The number of hydrogen-bond acceptors (Lipinski definition) is 7. The van der Waals surface area contributed by atoms with Gasteiger partial charge in [0, 0.05) is 74.4 Å². The molecule has 0 saturated carbocycles. The fourth-order valence-electron chi connectivity index (χ4n) is 5.02. The van der Waals surface area contributed by atoms with Gasteiger partial charge in [-0.25, -0.2) is 4.98 Å². The Kier molecular flexibility index (Phi) is 9.32. The number of terminal acetylenes is 1. The molecule has 0 spiro atoms. The van der Waals surface area contributed by atoms with E-state index in [4.69, 9.17) is 11.4 Å². The zero-order chi connectivity index (χ0) is 29.6.